The van der Waals surface area contributed by atoms with E-state index in [1.54, 1.807) is 0 Å². The van der Waals surface area contributed by atoms with Crippen molar-refractivity contribution in [3.05, 3.63) is 23.8 Å². The van der Waals surface area contributed by atoms with E-state index in [0.717, 1.165) is 18.4 Å². The maximum Gasteiger partial charge on any atom is 0.181 e. The van der Waals surface area contributed by atoms with Gasteiger partial charge in [0.15, 0.2) is 5.78 Å². The summed E-state index contributed by atoms with van der Waals surface area (Å²) in [6.07, 6.45) is 17.3. The van der Waals surface area contributed by atoms with Gasteiger partial charge >= 0.3 is 0 Å². The Balaban J connectivity index is 1.85. The van der Waals surface area contributed by atoms with Gasteiger partial charge < -0.3 is 0 Å². The minimum Gasteiger partial charge on any atom is -0.290 e. The minimum absolute atomic E-state index is 0.269. The number of carbonyl (C=O) groups excluding carboxylic acids is 1. The van der Waals surface area contributed by atoms with Crippen LogP contribution in [0.5, 0.6) is 0 Å². The van der Waals surface area contributed by atoms with Gasteiger partial charge in [-0.15, -0.1) is 0 Å². The molecule has 16 heavy (non-hydrogen) atoms. The van der Waals surface area contributed by atoms with Crippen LogP contribution in [-0.4, -0.2) is 5.78 Å². The molecule has 2 aliphatic carbocycles. The number of carbonyl (C=O) groups is 1. The molecule has 0 bridgehead atoms. The summed E-state index contributed by atoms with van der Waals surface area (Å²) in [5, 5.41) is 0. The zero-order chi connectivity index (χ0) is 11.2. The van der Waals surface area contributed by atoms with Gasteiger partial charge in [0.2, 0.25) is 0 Å². The number of rotatable bonds is 3. The second-order valence-corrected chi connectivity index (χ2v) is 5.10. The first-order chi connectivity index (χ1) is 7.86. The van der Waals surface area contributed by atoms with E-state index in [2.05, 4.69) is 12.2 Å². The van der Waals surface area contributed by atoms with E-state index in [0.29, 0.717) is 5.92 Å². The van der Waals surface area contributed by atoms with Crippen LogP contribution < -0.4 is 0 Å². The van der Waals surface area contributed by atoms with E-state index in [1.165, 1.54) is 44.9 Å². The van der Waals surface area contributed by atoms with E-state index >= 15 is 0 Å². The Morgan fingerprint density at radius 1 is 1.12 bits per heavy atom. The van der Waals surface area contributed by atoms with Crippen molar-refractivity contribution in [2.75, 3.05) is 0 Å². The molecular formula is C15H22O. The first-order valence-corrected chi connectivity index (χ1v) is 6.78. The highest BCUT2D eigenvalue weighted by molar-refractivity contribution is 6.03. The Kier molecular flexibility index (Phi) is 4.38. The third-order valence-electron chi connectivity index (χ3n) is 3.78. The molecule has 1 fully saturated rings. The Bertz CT molecular complexity index is 293. The lowest BCUT2D eigenvalue weighted by atomic mass is 9.88. The van der Waals surface area contributed by atoms with Crippen molar-refractivity contribution in [2.24, 2.45) is 5.92 Å². The molecule has 0 saturated heterocycles. The normalized spacial score (nSPS) is 23.4. The van der Waals surface area contributed by atoms with Crippen LogP contribution in [0.4, 0.5) is 0 Å². The molecule has 0 aromatic carbocycles. The van der Waals surface area contributed by atoms with Crippen molar-refractivity contribution in [1.29, 1.82) is 0 Å². The summed E-state index contributed by atoms with van der Waals surface area (Å²) < 4.78 is 0. The minimum atomic E-state index is 0.269. The van der Waals surface area contributed by atoms with Gasteiger partial charge in [-0.2, -0.15) is 0 Å². The summed E-state index contributed by atoms with van der Waals surface area (Å²) in [5.74, 6) is 0.937. The Labute approximate surface area is 98.6 Å². The maximum absolute atomic E-state index is 11.9. The summed E-state index contributed by atoms with van der Waals surface area (Å²) in [5.41, 5.74) is 1.05. The molecule has 0 amide bonds. The summed E-state index contributed by atoms with van der Waals surface area (Å²) in [4.78, 5) is 11.9. The van der Waals surface area contributed by atoms with Gasteiger partial charge in [0.25, 0.3) is 0 Å². The molecule has 2 aliphatic rings. The van der Waals surface area contributed by atoms with E-state index in [1.807, 2.05) is 6.08 Å². The van der Waals surface area contributed by atoms with Crippen molar-refractivity contribution < 1.29 is 4.79 Å². The topological polar surface area (TPSA) is 17.1 Å². The fraction of sp³-hybridized carbons (Fsp3) is 0.667. The molecule has 0 N–H and O–H groups in total. The van der Waals surface area contributed by atoms with Crippen LogP contribution in [-0.2, 0) is 4.79 Å². The van der Waals surface area contributed by atoms with Gasteiger partial charge in [-0.3, -0.25) is 4.79 Å². The molecule has 0 radical (unpaired) electrons. The maximum atomic E-state index is 11.9. The van der Waals surface area contributed by atoms with Crippen molar-refractivity contribution in [3.63, 3.8) is 0 Å². The fourth-order valence-electron chi connectivity index (χ4n) is 2.72. The smallest absolute Gasteiger partial charge is 0.181 e. The Morgan fingerprint density at radius 3 is 2.62 bits per heavy atom. The average Bonchev–Trinajstić information content (AvgIpc) is 2.38. The highest BCUT2D eigenvalue weighted by Crippen LogP contribution is 2.25. The van der Waals surface area contributed by atoms with Gasteiger partial charge in [-0.1, -0.05) is 31.4 Å². The van der Waals surface area contributed by atoms with Gasteiger partial charge in [-0.25, -0.2) is 0 Å². The first-order valence-electron chi connectivity index (χ1n) is 6.78. The third-order valence-corrected chi connectivity index (χ3v) is 3.78. The summed E-state index contributed by atoms with van der Waals surface area (Å²) in [7, 11) is 0. The molecular weight excluding hydrogens is 196 g/mol. The molecule has 1 heteroatoms. The number of hydrogen-bond donors (Lipinski definition) is 0. The molecule has 1 nitrogen and oxygen atoms in total. The monoisotopic (exact) mass is 218 g/mol. The lowest BCUT2D eigenvalue weighted by Gasteiger charge is -2.17. The van der Waals surface area contributed by atoms with Crippen LogP contribution >= 0.6 is 0 Å². The second kappa shape index (κ2) is 6.03. The van der Waals surface area contributed by atoms with Gasteiger partial charge in [-0.05, 0) is 56.1 Å². The predicted octanol–water partition coefficient (Wildman–Crippen LogP) is 4.19. The molecule has 0 aromatic rings. The quantitative estimate of drug-likeness (QED) is 0.649. The molecule has 0 aliphatic heterocycles. The van der Waals surface area contributed by atoms with E-state index in [9.17, 15) is 4.79 Å². The van der Waals surface area contributed by atoms with E-state index < -0.39 is 0 Å². The standard InChI is InChI=1S/C15H22O/c16-15(14-9-5-2-6-10-14)12-11-13-7-3-1-4-8-13/h9,11-13H,1-8,10H2/b12-11+. The summed E-state index contributed by atoms with van der Waals surface area (Å²) in [6, 6.07) is 0. The van der Waals surface area contributed by atoms with Crippen molar-refractivity contribution in [2.45, 2.75) is 57.8 Å². The molecule has 1 saturated carbocycles. The zero-order valence-electron chi connectivity index (χ0n) is 10.1. The molecule has 2 rings (SSSR count). The van der Waals surface area contributed by atoms with E-state index in [-0.39, 0.29) is 5.78 Å². The molecule has 88 valence electrons. The van der Waals surface area contributed by atoms with Gasteiger partial charge in [0.05, 0.1) is 0 Å². The molecule has 0 atom stereocenters. The zero-order valence-corrected chi connectivity index (χ0v) is 10.1. The van der Waals surface area contributed by atoms with Crippen LogP contribution in [0.25, 0.3) is 0 Å². The second-order valence-electron chi connectivity index (χ2n) is 5.10. The van der Waals surface area contributed by atoms with Crippen LogP contribution in [0.3, 0.4) is 0 Å². The first kappa shape index (κ1) is 11.6. The van der Waals surface area contributed by atoms with Crippen molar-refractivity contribution >= 4 is 5.78 Å². The molecule has 0 heterocycles. The fourth-order valence-corrected chi connectivity index (χ4v) is 2.72. The molecule has 0 spiro atoms. The Morgan fingerprint density at radius 2 is 1.94 bits per heavy atom. The van der Waals surface area contributed by atoms with Gasteiger partial charge in [0, 0.05) is 0 Å². The summed E-state index contributed by atoms with van der Waals surface area (Å²) >= 11 is 0. The van der Waals surface area contributed by atoms with Crippen LogP contribution in [0, 0.1) is 5.92 Å². The average molecular weight is 218 g/mol. The van der Waals surface area contributed by atoms with Crippen LogP contribution in [0.2, 0.25) is 0 Å². The molecule has 0 aromatic heterocycles. The predicted molar refractivity (Wildman–Crippen MR) is 67.3 cm³/mol. The summed E-state index contributed by atoms with van der Waals surface area (Å²) in [6.45, 7) is 0. The number of ketones is 1. The lowest BCUT2D eigenvalue weighted by Crippen LogP contribution is -2.06. The largest absolute Gasteiger partial charge is 0.290 e. The highest BCUT2D eigenvalue weighted by Gasteiger charge is 2.12. The number of allylic oxidation sites excluding steroid dienone is 4. The van der Waals surface area contributed by atoms with Crippen LogP contribution in [0.1, 0.15) is 57.8 Å². The lowest BCUT2D eigenvalue weighted by molar-refractivity contribution is -0.111. The van der Waals surface area contributed by atoms with E-state index in [4.69, 9.17) is 0 Å². The molecule has 0 unspecified atom stereocenters. The van der Waals surface area contributed by atoms with Crippen molar-refractivity contribution in [3.8, 4) is 0 Å². The van der Waals surface area contributed by atoms with Gasteiger partial charge in [0.1, 0.15) is 0 Å². The SMILES string of the molecule is O=C(/C=C/C1CCCCC1)C1=CCCCC1. The van der Waals surface area contributed by atoms with Crippen LogP contribution in [0.15, 0.2) is 23.8 Å². The number of hydrogen-bond acceptors (Lipinski definition) is 1. The third kappa shape index (κ3) is 3.33. The Hall–Kier alpha value is -0.850. The van der Waals surface area contributed by atoms with Crippen molar-refractivity contribution in [1.82, 2.24) is 0 Å². The highest BCUT2D eigenvalue weighted by atomic mass is 16.1.